The highest BCUT2D eigenvalue weighted by atomic mass is 35.5. The number of aliphatic hydroxyl groups is 1. The molecule has 1 heterocycles. The smallest absolute Gasteiger partial charge is 0.408 e. The first kappa shape index (κ1) is 31.4. The second kappa shape index (κ2) is 13.9. The first-order chi connectivity index (χ1) is 18.9. The maximum atomic E-state index is 13.7. The molecule has 1 saturated heterocycles. The number of rotatable bonds is 12. The fourth-order valence-corrected chi connectivity index (χ4v) is 5.18. The van der Waals surface area contributed by atoms with Crippen molar-refractivity contribution in [3.05, 3.63) is 70.5 Å². The van der Waals surface area contributed by atoms with Crippen LogP contribution in [0.15, 0.2) is 48.5 Å². The normalized spacial score (nSPS) is 17.6. The van der Waals surface area contributed by atoms with Crippen molar-refractivity contribution in [3.8, 4) is 0 Å². The van der Waals surface area contributed by atoms with E-state index in [0.717, 1.165) is 5.56 Å². The van der Waals surface area contributed by atoms with E-state index in [0.29, 0.717) is 36.4 Å². The molecule has 1 unspecified atom stereocenters. The van der Waals surface area contributed by atoms with Crippen molar-refractivity contribution in [3.63, 3.8) is 0 Å². The average Bonchev–Trinajstić information content (AvgIpc) is 3.30. The van der Waals surface area contributed by atoms with E-state index in [1.807, 2.05) is 33.8 Å². The molecule has 4 atom stereocenters. The number of amides is 3. The lowest BCUT2D eigenvalue weighted by Gasteiger charge is -2.35. The molecule has 10 heteroatoms. The van der Waals surface area contributed by atoms with Gasteiger partial charge in [-0.3, -0.25) is 9.59 Å². The van der Waals surface area contributed by atoms with Crippen molar-refractivity contribution in [1.29, 1.82) is 0 Å². The minimum absolute atomic E-state index is 0.0556. The molecule has 0 radical (unpaired) electrons. The Hall–Kier alpha value is -3.17. The molecular formula is C30H39ClFN3O5. The minimum atomic E-state index is -0.942. The van der Waals surface area contributed by atoms with Crippen LogP contribution in [-0.2, 0) is 19.7 Å². The minimum Gasteiger partial charge on any atom is -0.440 e. The summed E-state index contributed by atoms with van der Waals surface area (Å²) in [6, 6.07) is 11.3. The van der Waals surface area contributed by atoms with Gasteiger partial charge in [-0.15, -0.1) is 0 Å². The molecule has 1 aliphatic heterocycles. The fourth-order valence-electron chi connectivity index (χ4n) is 4.99. The number of hydrogen-bond acceptors (Lipinski definition) is 5. The van der Waals surface area contributed by atoms with E-state index in [1.165, 1.54) is 12.1 Å². The van der Waals surface area contributed by atoms with Crippen LogP contribution < -0.4 is 16.0 Å². The first-order valence-electron chi connectivity index (χ1n) is 13.6. The number of carbonyl (C=O) groups excluding carboxylic acids is 3. The van der Waals surface area contributed by atoms with Gasteiger partial charge in [-0.25, -0.2) is 9.18 Å². The summed E-state index contributed by atoms with van der Waals surface area (Å²) in [7, 11) is 0. The molecule has 1 fully saturated rings. The summed E-state index contributed by atoms with van der Waals surface area (Å²) in [5, 5.41) is 18.6. The summed E-state index contributed by atoms with van der Waals surface area (Å²) < 4.78 is 19.7. The van der Waals surface area contributed by atoms with Crippen molar-refractivity contribution in [2.75, 3.05) is 13.2 Å². The number of benzene rings is 2. The largest absolute Gasteiger partial charge is 0.440 e. The van der Waals surface area contributed by atoms with Gasteiger partial charge in [0.15, 0.2) is 0 Å². The molecule has 8 nitrogen and oxygen atoms in total. The maximum absolute atomic E-state index is 13.7. The van der Waals surface area contributed by atoms with Crippen LogP contribution in [0.1, 0.15) is 64.2 Å². The van der Waals surface area contributed by atoms with Crippen LogP contribution in [-0.4, -0.2) is 48.2 Å². The Morgan fingerprint density at radius 1 is 1.18 bits per heavy atom. The molecule has 3 rings (SSSR count). The van der Waals surface area contributed by atoms with Crippen molar-refractivity contribution >= 4 is 29.5 Å². The van der Waals surface area contributed by atoms with E-state index < -0.39 is 41.4 Å². The van der Waals surface area contributed by atoms with Gasteiger partial charge in [-0.2, -0.15) is 0 Å². The highest BCUT2D eigenvalue weighted by Crippen LogP contribution is 2.40. The van der Waals surface area contributed by atoms with Gasteiger partial charge in [0.2, 0.25) is 11.8 Å². The van der Waals surface area contributed by atoms with Crippen LogP contribution in [0.4, 0.5) is 9.18 Å². The predicted molar refractivity (Wildman–Crippen MR) is 151 cm³/mol. The summed E-state index contributed by atoms with van der Waals surface area (Å²) in [6.45, 7) is 7.85. The molecule has 0 bridgehead atoms. The van der Waals surface area contributed by atoms with Crippen molar-refractivity contribution < 1.29 is 28.6 Å². The van der Waals surface area contributed by atoms with Crippen LogP contribution in [0.3, 0.4) is 0 Å². The lowest BCUT2D eigenvalue weighted by molar-refractivity contribution is -0.126. The highest BCUT2D eigenvalue weighted by molar-refractivity contribution is 6.30. The molecule has 218 valence electrons. The zero-order chi connectivity index (χ0) is 29.4. The van der Waals surface area contributed by atoms with Gasteiger partial charge >= 0.3 is 6.09 Å². The van der Waals surface area contributed by atoms with Crippen molar-refractivity contribution in [2.24, 2.45) is 11.8 Å². The quantitative estimate of drug-likeness (QED) is 0.294. The second-order valence-corrected chi connectivity index (χ2v) is 11.7. The van der Waals surface area contributed by atoms with Crippen LogP contribution in [0.5, 0.6) is 0 Å². The molecule has 4 N–H and O–H groups in total. The molecular weight excluding hydrogens is 537 g/mol. The number of ether oxygens (including phenoxy) is 1. The number of alkyl carbamates (subject to hydrolysis) is 1. The van der Waals surface area contributed by atoms with E-state index in [4.69, 9.17) is 16.3 Å². The lowest BCUT2D eigenvalue weighted by atomic mass is 9.76. The summed E-state index contributed by atoms with van der Waals surface area (Å²) in [5.74, 6) is -1.23. The second-order valence-electron chi connectivity index (χ2n) is 11.3. The average molecular weight is 576 g/mol. The fraction of sp³-hybridized carbons (Fsp3) is 0.500. The predicted octanol–water partition coefficient (Wildman–Crippen LogP) is 4.64. The van der Waals surface area contributed by atoms with Gasteiger partial charge in [0.1, 0.15) is 18.0 Å². The monoisotopic (exact) mass is 575 g/mol. The van der Waals surface area contributed by atoms with Gasteiger partial charge < -0.3 is 25.8 Å². The Morgan fingerprint density at radius 3 is 2.45 bits per heavy atom. The van der Waals surface area contributed by atoms with Crippen molar-refractivity contribution in [2.45, 2.75) is 70.6 Å². The molecule has 2 aromatic carbocycles. The summed E-state index contributed by atoms with van der Waals surface area (Å²) in [5.41, 5.74) is 0.599. The third kappa shape index (κ3) is 8.41. The molecule has 0 aliphatic carbocycles. The molecule has 0 saturated carbocycles. The highest BCUT2D eigenvalue weighted by Gasteiger charge is 2.37. The van der Waals surface area contributed by atoms with Crippen LogP contribution in [0.25, 0.3) is 0 Å². The number of halogens is 2. The standard InChI is InChI=1S/C30H39ClFN3O5/c1-18(2)14-25(28(38)34-24(17-36)15-20-12-13-33-27(20)37)35-29(39)40-26(19-8-10-23(32)11-9-19)30(3,4)21-6-5-7-22(31)16-21/h5-11,16,18,20,24-26,36H,12-15,17H2,1-4H3,(H,33,37)(H,34,38)(H,35,39)/t20-,24-,25-,26?/m0/s1. The Labute approximate surface area is 240 Å². The maximum Gasteiger partial charge on any atom is 0.408 e. The number of hydrogen-bond donors (Lipinski definition) is 4. The molecule has 0 spiro atoms. The number of carbonyl (C=O) groups is 3. The van der Waals surface area contributed by atoms with Crippen LogP contribution in [0.2, 0.25) is 5.02 Å². The van der Waals surface area contributed by atoms with E-state index >= 15 is 0 Å². The topological polar surface area (TPSA) is 117 Å². The summed E-state index contributed by atoms with van der Waals surface area (Å²) in [6.07, 6.45) is -0.408. The third-order valence-corrected chi connectivity index (χ3v) is 7.47. The zero-order valence-electron chi connectivity index (χ0n) is 23.4. The van der Waals surface area contributed by atoms with Gasteiger partial charge in [0.05, 0.1) is 12.6 Å². The molecule has 1 aliphatic rings. The molecule has 0 aromatic heterocycles. The molecule has 40 heavy (non-hydrogen) atoms. The zero-order valence-corrected chi connectivity index (χ0v) is 24.1. The Kier molecular flexibility index (Phi) is 10.9. The van der Waals surface area contributed by atoms with Gasteiger partial charge in [0, 0.05) is 22.9 Å². The summed E-state index contributed by atoms with van der Waals surface area (Å²) >= 11 is 6.24. The van der Waals surface area contributed by atoms with E-state index in [1.54, 1.807) is 30.3 Å². The van der Waals surface area contributed by atoms with Crippen LogP contribution >= 0.6 is 11.6 Å². The van der Waals surface area contributed by atoms with E-state index in [2.05, 4.69) is 16.0 Å². The lowest BCUT2D eigenvalue weighted by Crippen LogP contribution is -2.52. The molecule has 2 aromatic rings. The SMILES string of the molecule is CC(C)C[C@H](NC(=O)OC(c1ccc(F)cc1)C(C)(C)c1cccc(Cl)c1)C(=O)N[C@H](CO)C[C@@H]1CCNC1=O. The van der Waals surface area contributed by atoms with Gasteiger partial charge in [-0.05, 0) is 60.6 Å². The Balaban J connectivity index is 1.79. The first-order valence-corrected chi connectivity index (χ1v) is 14.0. The van der Waals surface area contributed by atoms with E-state index in [9.17, 15) is 23.9 Å². The number of nitrogens with one attached hydrogen (secondary N) is 3. The van der Waals surface area contributed by atoms with Gasteiger partial charge in [0.25, 0.3) is 0 Å². The number of aliphatic hydroxyl groups excluding tert-OH is 1. The summed E-state index contributed by atoms with van der Waals surface area (Å²) in [4.78, 5) is 38.5. The van der Waals surface area contributed by atoms with Crippen molar-refractivity contribution in [1.82, 2.24) is 16.0 Å². The Bertz CT molecular complexity index is 1170. The third-order valence-electron chi connectivity index (χ3n) is 7.24. The van der Waals surface area contributed by atoms with Crippen LogP contribution in [0, 0.1) is 17.7 Å². The van der Waals surface area contributed by atoms with Gasteiger partial charge in [-0.1, -0.05) is 63.6 Å². The Morgan fingerprint density at radius 2 is 1.88 bits per heavy atom. The molecule has 3 amide bonds. The van der Waals surface area contributed by atoms with E-state index in [-0.39, 0.29) is 24.3 Å².